The summed E-state index contributed by atoms with van der Waals surface area (Å²) in [6.07, 6.45) is 3.80. The largest absolute Gasteiger partial charge is 0.392 e. The molecule has 0 spiro atoms. The third-order valence-corrected chi connectivity index (χ3v) is 2.60. The first kappa shape index (κ1) is 11.8. The molecule has 0 aliphatic heterocycles. The highest BCUT2D eigenvalue weighted by Crippen LogP contribution is 2.10. The van der Waals surface area contributed by atoms with E-state index in [1.165, 1.54) is 11.6 Å². The summed E-state index contributed by atoms with van der Waals surface area (Å²) in [5, 5.41) is 12.2. The Morgan fingerprint density at radius 1 is 1.18 bits per heavy atom. The van der Waals surface area contributed by atoms with Crippen molar-refractivity contribution in [3.8, 4) is 0 Å². The van der Waals surface area contributed by atoms with Gasteiger partial charge in [-0.25, -0.2) is 4.39 Å². The number of aliphatic hydroxyl groups is 1. The standard InChI is InChI=1S/C13H15FN2O/c14-13-2-1-10(5-12(13)9-17)6-16-8-11-3-4-15-7-11/h1-5,7,15-17H,6,8-9H2. The van der Waals surface area contributed by atoms with Crippen LogP contribution in [0.25, 0.3) is 0 Å². The third kappa shape index (κ3) is 3.15. The van der Waals surface area contributed by atoms with Crippen LogP contribution in [0.3, 0.4) is 0 Å². The van der Waals surface area contributed by atoms with Gasteiger partial charge < -0.3 is 15.4 Å². The maximum absolute atomic E-state index is 13.1. The van der Waals surface area contributed by atoms with E-state index in [4.69, 9.17) is 5.11 Å². The van der Waals surface area contributed by atoms with Gasteiger partial charge in [-0.1, -0.05) is 6.07 Å². The first-order valence-electron chi connectivity index (χ1n) is 5.50. The molecule has 3 nitrogen and oxygen atoms in total. The normalized spacial score (nSPS) is 10.7. The average Bonchev–Trinajstić information content (AvgIpc) is 2.84. The first-order valence-corrected chi connectivity index (χ1v) is 5.50. The highest BCUT2D eigenvalue weighted by Gasteiger charge is 2.02. The zero-order valence-electron chi connectivity index (χ0n) is 9.41. The molecule has 0 amide bonds. The number of nitrogens with one attached hydrogen (secondary N) is 2. The van der Waals surface area contributed by atoms with Gasteiger partial charge in [-0.2, -0.15) is 0 Å². The maximum atomic E-state index is 13.1. The second-order valence-electron chi connectivity index (χ2n) is 3.91. The molecule has 0 aliphatic rings. The minimum atomic E-state index is -0.359. The van der Waals surface area contributed by atoms with Gasteiger partial charge in [0.25, 0.3) is 0 Å². The number of H-pyrrole nitrogens is 1. The second-order valence-corrected chi connectivity index (χ2v) is 3.91. The van der Waals surface area contributed by atoms with Gasteiger partial charge in [0.05, 0.1) is 6.61 Å². The third-order valence-electron chi connectivity index (χ3n) is 2.60. The SMILES string of the molecule is OCc1cc(CNCc2cc[nH]c2)ccc1F. The fourth-order valence-electron chi connectivity index (χ4n) is 1.68. The van der Waals surface area contributed by atoms with Gasteiger partial charge in [0, 0.05) is 31.0 Å². The van der Waals surface area contributed by atoms with E-state index in [0.717, 1.165) is 12.1 Å². The van der Waals surface area contributed by atoms with Crippen molar-refractivity contribution in [3.05, 3.63) is 59.2 Å². The smallest absolute Gasteiger partial charge is 0.128 e. The van der Waals surface area contributed by atoms with Crippen LogP contribution in [0, 0.1) is 5.82 Å². The molecule has 1 heterocycles. The van der Waals surface area contributed by atoms with Crippen molar-refractivity contribution in [3.63, 3.8) is 0 Å². The fraction of sp³-hybridized carbons (Fsp3) is 0.231. The van der Waals surface area contributed by atoms with Crippen molar-refractivity contribution in [2.75, 3.05) is 0 Å². The number of benzene rings is 1. The van der Waals surface area contributed by atoms with Crippen molar-refractivity contribution in [2.45, 2.75) is 19.7 Å². The lowest BCUT2D eigenvalue weighted by Gasteiger charge is -2.06. The molecule has 0 aliphatic carbocycles. The molecule has 0 saturated carbocycles. The second kappa shape index (κ2) is 5.61. The lowest BCUT2D eigenvalue weighted by molar-refractivity contribution is 0.275. The summed E-state index contributed by atoms with van der Waals surface area (Å²) >= 11 is 0. The topological polar surface area (TPSA) is 48.0 Å². The Kier molecular flexibility index (Phi) is 3.90. The summed E-state index contributed by atoms with van der Waals surface area (Å²) in [5.41, 5.74) is 2.48. The number of halogens is 1. The molecular formula is C13H15FN2O. The van der Waals surface area contributed by atoms with Gasteiger partial charge in [0.1, 0.15) is 5.82 Å². The molecule has 90 valence electrons. The van der Waals surface area contributed by atoms with Crippen molar-refractivity contribution in [1.82, 2.24) is 10.3 Å². The number of hydrogen-bond acceptors (Lipinski definition) is 2. The number of hydrogen-bond donors (Lipinski definition) is 3. The highest BCUT2D eigenvalue weighted by molar-refractivity contribution is 5.24. The summed E-state index contributed by atoms with van der Waals surface area (Å²) < 4.78 is 13.1. The van der Waals surface area contributed by atoms with E-state index >= 15 is 0 Å². The zero-order valence-corrected chi connectivity index (χ0v) is 9.41. The fourth-order valence-corrected chi connectivity index (χ4v) is 1.68. The molecule has 0 saturated heterocycles. The maximum Gasteiger partial charge on any atom is 0.128 e. The van der Waals surface area contributed by atoms with Crippen LogP contribution in [0.4, 0.5) is 4.39 Å². The van der Waals surface area contributed by atoms with Crippen LogP contribution in [-0.4, -0.2) is 10.1 Å². The van der Waals surface area contributed by atoms with Crippen LogP contribution < -0.4 is 5.32 Å². The molecular weight excluding hydrogens is 219 g/mol. The number of aliphatic hydroxyl groups excluding tert-OH is 1. The highest BCUT2D eigenvalue weighted by atomic mass is 19.1. The van der Waals surface area contributed by atoms with Gasteiger partial charge in [-0.15, -0.1) is 0 Å². The Bertz CT molecular complexity index is 468. The zero-order chi connectivity index (χ0) is 12.1. The summed E-state index contributed by atoms with van der Waals surface area (Å²) in [6, 6.07) is 6.79. The minimum Gasteiger partial charge on any atom is -0.392 e. The van der Waals surface area contributed by atoms with Crippen molar-refractivity contribution in [2.24, 2.45) is 0 Å². The Morgan fingerprint density at radius 2 is 2.00 bits per heavy atom. The van der Waals surface area contributed by atoms with E-state index in [1.807, 2.05) is 18.5 Å². The molecule has 2 aromatic rings. The van der Waals surface area contributed by atoms with Gasteiger partial charge in [0.15, 0.2) is 0 Å². The van der Waals surface area contributed by atoms with Crippen LogP contribution in [0.2, 0.25) is 0 Å². The summed E-state index contributed by atoms with van der Waals surface area (Å²) in [5.74, 6) is -0.359. The van der Waals surface area contributed by atoms with E-state index in [0.29, 0.717) is 12.1 Å². The summed E-state index contributed by atoms with van der Waals surface area (Å²) in [4.78, 5) is 2.98. The van der Waals surface area contributed by atoms with Crippen LogP contribution in [0.5, 0.6) is 0 Å². The lowest BCUT2D eigenvalue weighted by Crippen LogP contribution is -2.12. The van der Waals surface area contributed by atoms with E-state index in [-0.39, 0.29) is 12.4 Å². The Balaban J connectivity index is 1.90. The van der Waals surface area contributed by atoms with E-state index < -0.39 is 0 Å². The number of aromatic nitrogens is 1. The molecule has 0 unspecified atom stereocenters. The van der Waals surface area contributed by atoms with E-state index in [1.54, 1.807) is 12.1 Å². The van der Waals surface area contributed by atoms with Crippen molar-refractivity contribution < 1.29 is 9.50 Å². The molecule has 0 radical (unpaired) electrons. The predicted molar refractivity (Wildman–Crippen MR) is 63.7 cm³/mol. The molecule has 0 fully saturated rings. The van der Waals surface area contributed by atoms with Crippen molar-refractivity contribution in [1.29, 1.82) is 0 Å². The molecule has 3 N–H and O–H groups in total. The van der Waals surface area contributed by atoms with E-state index in [2.05, 4.69) is 10.3 Å². The predicted octanol–water partition coefficient (Wildman–Crippen LogP) is 1.94. The lowest BCUT2D eigenvalue weighted by atomic mass is 10.1. The first-order chi connectivity index (χ1) is 8.29. The number of aromatic amines is 1. The Labute approximate surface area is 99.3 Å². The van der Waals surface area contributed by atoms with Gasteiger partial charge in [0.2, 0.25) is 0 Å². The Hall–Kier alpha value is -1.65. The quantitative estimate of drug-likeness (QED) is 0.740. The molecule has 4 heteroatoms. The van der Waals surface area contributed by atoms with Crippen LogP contribution >= 0.6 is 0 Å². The molecule has 0 atom stereocenters. The molecule has 0 bridgehead atoms. The number of rotatable bonds is 5. The van der Waals surface area contributed by atoms with E-state index in [9.17, 15) is 4.39 Å². The van der Waals surface area contributed by atoms with Gasteiger partial charge in [-0.3, -0.25) is 0 Å². The van der Waals surface area contributed by atoms with Crippen LogP contribution in [0.15, 0.2) is 36.7 Å². The average molecular weight is 234 g/mol. The van der Waals surface area contributed by atoms with Gasteiger partial charge >= 0.3 is 0 Å². The summed E-state index contributed by atoms with van der Waals surface area (Å²) in [7, 11) is 0. The molecule has 1 aromatic heterocycles. The molecule has 1 aromatic carbocycles. The summed E-state index contributed by atoms with van der Waals surface area (Å²) in [6.45, 7) is 1.14. The Morgan fingerprint density at radius 3 is 2.71 bits per heavy atom. The monoisotopic (exact) mass is 234 g/mol. The van der Waals surface area contributed by atoms with Crippen LogP contribution in [-0.2, 0) is 19.7 Å². The molecule has 17 heavy (non-hydrogen) atoms. The van der Waals surface area contributed by atoms with Gasteiger partial charge in [-0.05, 0) is 29.3 Å². The van der Waals surface area contributed by atoms with Crippen molar-refractivity contribution >= 4 is 0 Å². The van der Waals surface area contributed by atoms with Crippen LogP contribution in [0.1, 0.15) is 16.7 Å². The minimum absolute atomic E-state index is 0.266. The molecule has 2 rings (SSSR count).